The highest BCUT2D eigenvalue weighted by molar-refractivity contribution is 6.32. The predicted octanol–water partition coefficient (Wildman–Crippen LogP) is 3.71. The van der Waals surface area contributed by atoms with E-state index < -0.39 is 0 Å². The van der Waals surface area contributed by atoms with Gasteiger partial charge in [0.05, 0.1) is 24.1 Å². The number of carbonyl (C=O) groups excluding carboxylic acids is 1. The minimum Gasteiger partial charge on any atom is -0.496 e. The molecule has 0 unspecified atom stereocenters. The molecule has 2 aromatic carbocycles. The minimum atomic E-state index is -0.160. The number of ether oxygens (including phenoxy) is 1. The topological polar surface area (TPSA) is 62.1 Å². The Balaban J connectivity index is 2.07. The number of methoxy groups -OCH3 is 1. The molecule has 0 saturated carbocycles. The van der Waals surface area contributed by atoms with Crippen LogP contribution in [0.15, 0.2) is 36.4 Å². The number of rotatable bonds is 4. The van der Waals surface area contributed by atoms with Gasteiger partial charge in [0.2, 0.25) is 5.91 Å². The third kappa shape index (κ3) is 3.78. The Hall–Kier alpha value is -2.51. The summed E-state index contributed by atoms with van der Waals surface area (Å²) < 4.78 is 5.25. The number of nitrogens with zero attached hydrogens (tertiary/aromatic N) is 1. The molecule has 22 heavy (non-hydrogen) atoms. The Bertz CT molecular complexity index is 736. The predicted molar refractivity (Wildman–Crippen MR) is 86.2 cm³/mol. The highest BCUT2D eigenvalue weighted by Crippen LogP contribution is 2.21. The average molecular weight is 315 g/mol. The molecule has 2 rings (SSSR count). The maximum absolute atomic E-state index is 12.1. The zero-order valence-electron chi connectivity index (χ0n) is 12.3. The van der Waals surface area contributed by atoms with Crippen molar-refractivity contribution in [2.75, 3.05) is 12.4 Å². The fourth-order valence-electron chi connectivity index (χ4n) is 2.05. The number of carbonyl (C=O) groups is 1. The summed E-state index contributed by atoms with van der Waals surface area (Å²) in [7, 11) is 1.60. The SMILES string of the molecule is COc1cc(CC(=O)Nc2ccc(C#N)c(Cl)c2)ccc1C. The summed E-state index contributed by atoms with van der Waals surface area (Å²) in [4.78, 5) is 12.1. The first-order valence-electron chi connectivity index (χ1n) is 6.66. The van der Waals surface area contributed by atoms with Crippen LogP contribution in [0.1, 0.15) is 16.7 Å². The lowest BCUT2D eigenvalue weighted by molar-refractivity contribution is -0.115. The number of halogens is 1. The monoisotopic (exact) mass is 314 g/mol. The van der Waals surface area contributed by atoms with Crippen molar-refractivity contribution >= 4 is 23.2 Å². The molecule has 0 aliphatic carbocycles. The average Bonchev–Trinajstić information content (AvgIpc) is 2.49. The van der Waals surface area contributed by atoms with E-state index in [1.54, 1.807) is 25.3 Å². The molecule has 0 aromatic heterocycles. The summed E-state index contributed by atoms with van der Waals surface area (Å²) in [6.45, 7) is 1.95. The maximum Gasteiger partial charge on any atom is 0.228 e. The normalized spacial score (nSPS) is 9.91. The van der Waals surface area contributed by atoms with Gasteiger partial charge in [-0.15, -0.1) is 0 Å². The van der Waals surface area contributed by atoms with E-state index in [1.807, 2.05) is 31.2 Å². The number of aryl methyl sites for hydroxylation is 1. The van der Waals surface area contributed by atoms with E-state index in [2.05, 4.69) is 5.32 Å². The number of anilines is 1. The van der Waals surface area contributed by atoms with Crippen molar-refractivity contribution in [3.63, 3.8) is 0 Å². The largest absolute Gasteiger partial charge is 0.496 e. The Morgan fingerprint density at radius 2 is 2.09 bits per heavy atom. The molecule has 0 aliphatic rings. The van der Waals surface area contributed by atoms with E-state index in [1.165, 1.54) is 0 Å². The summed E-state index contributed by atoms with van der Waals surface area (Å²) >= 11 is 5.94. The van der Waals surface area contributed by atoms with Crippen molar-refractivity contribution in [3.8, 4) is 11.8 Å². The molecule has 0 saturated heterocycles. The highest BCUT2D eigenvalue weighted by Gasteiger charge is 2.08. The number of benzene rings is 2. The number of nitrogens with one attached hydrogen (secondary N) is 1. The molecule has 0 aliphatic heterocycles. The molecule has 0 heterocycles. The summed E-state index contributed by atoms with van der Waals surface area (Å²) in [6.07, 6.45) is 0.230. The third-order valence-electron chi connectivity index (χ3n) is 3.21. The molecule has 0 atom stereocenters. The van der Waals surface area contributed by atoms with E-state index in [9.17, 15) is 4.79 Å². The quantitative estimate of drug-likeness (QED) is 0.935. The van der Waals surface area contributed by atoms with Gasteiger partial charge in [0.15, 0.2) is 0 Å². The summed E-state index contributed by atoms with van der Waals surface area (Å²) in [6, 6.07) is 12.4. The first-order valence-corrected chi connectivity index (χ1v) is 7.04. The van der Waals surface area contributed by atoms with Gasteiger partial charge < -0.3 is 10.1 Å². The molecule has 0 radical (unpaired) electrons. The highest BCUT2D eigenvalue weighted by atomic mass is 35.5. The fourth-order valence-corrected chi connectivity index (χ4v) is 2.27. The van der Waals surface area contributed by atoms with Gasteiger partial charge in [-0.05, 0) is 42.3 Å². The van der Waals surface area contributed by atoms with Crippen LogP contribution in [0.2, 0.25) is 5.02 Å². The molecule has 1 amide bonds. The Labute approximate surface area is 134 Å². The van der Waals surface area contributed by atoms with Gasteiger partial charge in [-0.2, -0.15) is 5.26 Å². The molecule has 0 fully saturated rings. The number of hydrogen-bond donors (Lipinski definition) is 1. The lowest BCUT2D eigenvalue weighted by Crippen LogP contribution is -2.14. The second-order valence-corrected chi connectivity index (χ2v) is 5.24. The van der Waals surface area contributed by atoms with Crippen LogP contribution >= 0.6 is 11.6 Å². The molecule has 0 bridgehead atoms. The lowest BCUT2D eigenvalue weighted by atomic mass is 10.1. The number of hydrogen-bond acceptors (Lipinski definition) is 3. The van der Waals surface area contributed by atoms with Gasteiger partial charge in [-0.1, -0.05) is 23.7 Å². The number of nitriles is 1. The second-order valence-electron chi connectivity index (χ2n) is 4.84. The van der Waals surface area contributed by atoms with Crippen molar-refractivity contribution in [3.05, 3.63) is 58.1 Å². The van der Waals surface area contributed by atoms with Crippen LogP contribution in [-0.2, 0) is 11.2 Å². The van der Waals surface area contributed by atoms with Crippen LogP contribution in [0.3, 0.4) is 0 Å². The number of amides is 1. The van der Waals surface area contributed by atoms with Gasteiger partial charge in [0, 0.05) is 5.69 Å². The zero-order chi connectivity index (χ0) is 16.1. The molecule has 2 aromatic rings. The van der Waals surface area contributed by atoms with E-state index in [-0.39, 0.29) is 12.3 Å². The Kier molecular flexibility index (Phi) is 5.03. The second kappa shape index (κ2) is 6.97. The van der Waals surface area contributed by atoms with Crippen molar-refractivity contribution in [2.24, 2.45) is 0 Å². The Morgan fingerprint density at radius 3 is 2.73 bits per heavy atom. The first kappa shape index (κ1) is 15.9. The summed E-state index contributed by atoms with van der Waals surface area (Å²) in [5, 5.41) is 11.9. The van der Waals surface area contributed by atoms with Crippen molar-refractivity contribution in [2.45, 2.75) is 13.3 Å². The van der Waals surface area contributed by atoms with Gasteiger partial charge >= 0.3 is 0 Å². The summed E-state index contributed by atoms with van der Waals surface area (Å²) in [5.41, 5.74) is 2.82. The standard InChI is InChI=1S/C17H15ClN2O2/c1-11-3-4-12(7-16(11)22-2)8-17(21)20-14-6-5-13(10-19)15(18)9-14/h3-7,9H,8H2,1-2H3,(H,20,21). The molecular weight excluding hydrogens is 300 g/mol. The molecule has 1 N–H and O–H groups in total. The van der Waals surface area contributed by atoms with Crippen LogP contribution in [0, 0.1) is 18.3 Å². The Morgan fingerprint density at radius 1 is 1.32 bits per heavy atom. The van der Waals surface area contributed by atoms with Gasteiger partial charge in [-0.3, -0.25) is 4.79 Å². The maximum atomic E-state index is 12.1. The van der Waals surface area contributed by atoms with Crippen LogP contribution in [0.4, 0.5) is 5.69 Å². The lowest BCUT2D eigenvalue weighted by Gasteiger charge is -2.09. The van der Waals surface area contributed by atoms with Crippen molar-refractivity contribution < 1.29 is 9.53 Å². The third-order valence-corrected chi connectivity index (χ3v) is 3.52. The fraction of sp³-hybridized carbons (Fsp3) is 0.176. The molecule has 0 spiro atoms. The molecule has 4 nitrogen and oxygen atoms in total. The van der Waals surface area contributed by atoms with Crippen LogP contribution in [0.5, 0.6) is 5.75 Å². The molecule has 112 valence electrons. The first-order chi connectivity index (χ1) is 10.5. The van der Waals surface area contributed by atoms with E-state index in [4.69, 9.17) is 21.6 Å². The smallest absolute Gasteiger partial charge is 0.228 e. The van der Waals surface area contributed by atoms with Gasteiger partial charge in [-0.25, -0.2) is 0 Å². The van der Waals surface area contributed by atoms with Crippen molar-refractivity contribution in [1.29, 1.82) is 5.26 Å². The minimum absolute atomic E-state index is 0.160. The van der Waals surface area contributed by atoms with Gasteiger partial charge in [0.25, 0.3) is 0 Å². The van der Waals surface area contributed by atoms with Crippen LogP contribution < -0.4 is 10.1 Å². The molecular formula is C17H15ClN2O2. The summed E-state index contributed by atoms with van der Waals surface area (Å²) in [5.74, 6) is 0.596. The van der Waals surface area contributed by atoms with E-state index in [0.717, 1.165) is 16.9 Å². The van der Waals surface area contributed by atoms with Crippen LogP contribution in [-0.4, -0.2) is 13.0 Å². The van der Waals surface area contributed by atoms with Crippen molar-refractivity contribution in [1.82, 2.24) is 0 Å². The van der Waals surface area contributed by atoms with Crippen LogP contribution in [0.25, 0.3) is 0 Å². The van der Waals surface area contributed by atoms with Gasteiger partial charge in [0.1, 0.15) is 11.8 Å². The zero-order valence-corrected chi connectivity index (χ0v) is 13.1. The van der Waals surface area contributed by atoms with E-state index >= 15 is 0 Å². The molecule has 5 heteroatoms. The van der Waals surface area contributed by atoms with E-state index in [0.29, 0.717) is 16.3 Å².